The summed E-state index contributed by atoms with van der Waals surface area (Å²) in [4.78, 5) is 30.2. The minimum Gasteiger partial charge on any atom is -0.294 e. The second-order valence-electron chi connectivity index (χ2n) is 5.82. The lowest BCUT2D eigenvalue weighted by atomic mass is 9.90. The van der Waals surface area contributed by atoms with E-state index in [2.05, 4.69) is 5.32 Å². The van der Waals surface area contributed by atoms with E-state index in [1.165, 1.54) is 5.06 Å². The minimum absolute atomic E-state index is 0.387. The molecule has 25 heavy (non-hydrogen) atoms. The molecule has 2 amide bonds. The summed E-state index contributed by atoms with van der Waals surface area (Å²) in [5, 5.41) is 5.29. The molecule has 3 atom stereocenters. The number of hydroxylamine groups is 1. The first-order valence-electron chi connectivity index (χ1n) is 7.47. The monoisotopic (exact) mass is 396 g/mol. The van der Waals surface area contributed by atoms with Crippen molar-refractivity contribution in [3.63, 3.8) is 0 Å². The van der Waals surface area contributed by atoms with Crippen LogP contribution in [0.25, 0.3) is 0 Å². The highest BCUT2D eigenvalue weighted by Crippen LogP contribution is 2.46. The highest BCUT2D eigenvalue weighted by atomic mass is 35.5. The molecule has 0 aromatic heterocycles. The Balaban J connectivity index is 1.83. The summed E-state index contributed by atoms with van der Waals surface area (Å²) in [7, 11) is 0. The third-order valence-electron chi connectivity index (χ3n) is 4.32. The van der Waals surface area contributed by atoms with Crippen LogP contribution < -0.4 is 10.4 Å². The van der Waals surface area contributed by atoms with E-state index >= 15 is 0 Å². The number of benzene rings is 2. The molecule has 3 unspecified atom stereocenters. The second kappa shape index (κ2) is 6.18. The molecule has 0 saturated carbocycles. The van der Waals surface area contributed by atoms with Crippen molar-refractivity contribution in [3.8, 4) is 0 Å². The first kappa shape index (κ1) is 16.7. The largest absolute Gasteiger partial charge is 0.294 e. The van der Waals surface area contributed by atoms with Crippen LogP contribution >= 0.6 is 34.8 Å². The van der Waals surface area contributed by atoms with Gasteiger partial charge in [0.05, 0.1) is 11.7 Å². The summed E-state index contributed by atoms with van der Waals surface area (Å²) in [6.45, 7) is 0. The minimum atomic E-state index is -0.903. The molecule has 2 heterocycles. The third-order valence-corrected chi connectivity index (χ3v) is 5.13. The van der Waals surface area contributed by atoms with Gasteiger partial charge in [0, 0.05) is 15.1 Å². The van der Waals surface area contributed by atoms with Crippen molar-refractivity contribution in [2.75, 3.05) is 5.06 Å². The zero-order chi connectivity index (χ0) is 17.7. The molecule has 4 rings (SSSR count). The molecule has 0 spiro atoms. The Morgan fingerprint density at radius 2 is 1.60 bits per heavy atom. The quantitative estimate of drug-likeness (QED) is 0.784. The predicted molar refractivity (Wildman–Crippen MR) is 94.6 cm³/mol. The molecule has 5 nitrogen and oxygen atoms in total. The molecule has 2 aromatic carbocycles. The molecule has 2 saturated heterocycles. The summed E-state index contributed by atoms with van der Waals surface area (Å²) >= 11 is 18.3. The maximum Gasteiger partial charge on any atom is 0.259 e. The first-order chi connectivity index (χ1) is 12.0. The SMILES string of the molecule is O=C1NC(=O)C2C1ON(c1ccc(Cl)cc1)C2c1ccc(Cl)cc1Cl. The van der Waals surface area contributed by atoms with E-state index < -0.39 is 24.0 Å². The van der Waals surface area contributed by atoms with Crippen LogP contribution in [0.1, 0.15) is 11.6 Å². The average molecular weight is 398 g/mol. The molecular formula is C17H11Cl3N2O3. The summed E-state index contributed by atoms with van der Waals surface area (Å²) in [5.74, 6) is -1.55. The van der Waals surface area contributed by atoms with Gasteiger partial charge in [0.25, 0.3) is 5.91 Å². The number of halogens is 3. The Hall–Kier alpha value is -1.79. The highest BCUT2D eigenvalue weighted by Gasteiger charge is 2.56. The number of carbonyl (C=O) groups excluding carboxylic acids is 2. The van der Waals surface area contributed by atoms with Gasteiger partial charge in [0.1, 0.15) is 5.92 Å². The van der Waals surface area contributed by atoms with Gasteiger partial charge < -0.3 is 0 Å². The van der Waals surface area contributed by atoms with Crippen LogP contribution in [0.15, 0.2) is 42.5 Å². The summed E-state index contributed by atoms with van der Waals surface area (Å²) in [6.07, 6.45) is -0.903. The van der Waals surface area contributed by atoms with Crippen molar-refractivity contribution >= 4 is 52.3 Å². The lowest BCUT2D eigenvalue weighted by Crippen LogP contribution is -2.33. The molecule has 1 N–H and O–H groups in total. The van der Waals surface area contributed by atoms with Crippen LogP contribution in [0.3, 0.4) is 0 Å². The van der Waals surface area contributed by atoms with E-state index in [1.54, 1.807) is 42.5 Å². The van der Waals surface area contributed by atoms with Gasteiger partial charge in [-0.05, 0) is 42.0 Å². The van der Waals surface area contributed by atoms with Crippen LogP contribution in [-0.2, 0) is 14.4 Å². The number of hydrogen-bond acceptors (Lipinski definition) is 4. The van der Waals surface area contributed by atoms with Crippen molar-refractivity contribution in [2.45, 2.75) is 12.1 Å². The summed E-state index contributed by atoms with van der Waals surface area (Å²) in [6, 6.07) is 11.4. The average Bonchev–Trinajstić information content (AvgIpc) is 3.07. The van der Waals surface area contributed by atoms with Crippen molar-refractivity contribution in [1.29, 1.82) is 0 Å². The van der Waals surface area contributed by atoms with Gasteiger partial charge in [-0.3, -0.25) is 19.7 Å². The number of hydrogen-bond donors (Lipinski definition) is 1. The molecule has 0 aliphatic carbocycles. The Morgan fingerprint density at radius 3 is 2.28 bits per heavy atom. The number of anilines is 1. The van der Waals surface area contributed by atoms with Gasteiger partial charge >= 0.3 is 0 Å². The Kier molecular flexibility index (Phi) is 4.12. The predicted octanol–water partition coefficient (Wildman–Crippen LogP) is 3.78. The zero-order valence-electron chi connectivity index (χ0n) is 12.6. The maximum atomic E-state index is 12.3. The Bertz CT molecular complexity index is 872. The molecule has 8 heteroatoms. The molecule has 128 valence electrons. The fourth-order valence-corrected chi connectivity index (χ4v) is 3.85. The van der Waals surface area contributed by atoms with Crippen molar-refractivity contribution < 1.29 is 14.4 Å². The first-order valence-corrected chi connectivity index (χ1v) is 8.60. The topological polar surface area (TPSA) is 58.6 Å². The van der Waals surface area contributed by atoms with Crippen LogP contribution in [-0.4, -0.2) is 17.9 Å². The van der Waals surface area contributed by atoms with E-state index in [-0.39, 0.29) is 5.91 Å². The van der Waals surface area contributed by atoms with Gasteiger partial charge in [-0.25, -0.2) is 5.06 Å². The molecule has 2 aliphatic heterocycles. The number of amides is 2. The normalized spacial score (nSPS) is 25.2. The van der Waals surface area contributed by atoms with E-state index in [9.17, 15) is 9.59 Å². The van der Waals surface area contributed by atoms with Gasteiger partial charge in [-0.1, -0.05) is 40.9 Å². The van der Waals surface area contributed by atoms with Crippen molar-refractivity contribution in [3.05, 3.63) is 63.1 Å². The zero-order valence-corrected chi connectivity index (χ0v) is 14.8. The van der Waals surface area contributed by atoms with Crippen LogP contribution in [0.5, 0.6) is 0 Å². The molecule has 2 aromatic rings. The second-order valence-corrected chi connectivity index (χ2v) is 7.10. The number of nitrogens with zero attached hydrogens (tertiary/aromatic N) is 1. The maximum absolute atomic E-state index is 12.3. The lowest BCUT2D eigenvalue weighted by molar-refractivity contribution is -0.129. The number of nitrogens with one attached hydrogen (secondary N) is 1. The van der Waals surface area contributed by atoms with Crippen molar-refractivity contribution in [1.82, 2.24) is 5.32 Å². The standard InChI is InChI=1S/C17H11Cl3N2O3/c18-8-1-4-10(5-2-8)22-14(11-6-3-9(19)7-12(11)20)13-15(25-22)17(24)21-16(13)23/h1-7,13-15H,(H,21,23,24). The van der Waals surface area contributed by atoms with E-state index in [4.69, 9.17) is 39.6 Å². The van der Waals surface area contributed by atoms with E-state index in [1.807, 2.05) is 0 Å². The van der Waals surface area contributed by atoms with Crippen LogP contribution in [0, 0.1) is 5.92 Å². The number of carbonyl (C=O) groups is 2. The molecular weight excluding hydrogens is 387 g/mol. The number of imide groups is 1. The fraction of sp³-hybridized carbons (Fsp3) is 0.176. The molecule has 0 bridgehead atoms. The Labute approximate surface area is 158 Å². The third kappa shape index (κ3) is 2.77. The molecule has 0 radical (unpaired) electrons. The van der Waals surface area contributed by atoms with Crippen LogP contribution in [0.4, 0.5) is 5.69 Å². The highest BCUT2D eigenvalue weighted by molar-refractivity contribution is 6.35. The smallest absolute Gasteiger partial charge is 0.259 e. The Morgan fingerprint density at radius 1 is 0.920 bits per heavy atom. The summed E-state index contributed by atoms with van der Waals surface area (Å²) < 4.78 is 0. The van der Waals surface area contributed by atoms with E-state index in [0.29, 0.717) is 26.3 Å². The van der Waals surface area contributed by atoms with Gasteiger partial charge in [-0.15, -0.1) is 0 Å². The van der Waals surface area contributed by atoms with Gasteiger partial charge in [-0.2, -0.15) is 0 Å². The number of rotatable bonds is 2. The fourth-order valence-electron chi connectivity index (χ4n) is 3.20. The van der Waals surface area contributed by atoms with Gasteiger partial charge in [0.2, 0.25) is 5.91 Å². The van der Waals surface area contributed by atoms with E-state index in [0.717, 1.165) is 0 Å². The van der Waals surface area contributed by atoms with Gasteiger partial charge in [0.15, 0.2) is 6.10 Å². The molecule has 2 aliphatic rings. The number of fused-ring (bicyclic) bond motifs is 1. The van der Waals surface area contributed by atoms with Crippen molar-refractivity contribution in [2.24, 2.45) is 5.92 Å². The van der Waals surface area contributed by atoms with Crippen LogP contribution in [0.2, 0.25) is 15.1 Å². The lowest BCUT2D eigenvalue weighted by Gasteiger charge is -2.27. The summed E-state index contributed by atoms with van der Waals surface area (Å²) in [5.41, 5.74) is 1.31. The molecule has 2 fully saturated rings.